The Bertz CT molecular complexity index is 525. The molecule has 0 aliphatic heterocycles. The molecule has 7 nitrogen and oxygen atoms in total. The van der Waals surface area contributed by atoms with Crippen LogP contribution in [-0.2, 0) is 14.3 Å². The van der Waals surface area contributed by atoms with Gasteiger partial charge in [-0.05, 0) is 5.56 Å². The number of hydrogen-bond acceptors (Lipinski definition) is 5. The maximum absolute atomic E-state index is 11.5. The Balaban J connectivity index is 3.34. The predicted molar refractivity (Wildman–Crippen MR) is 68.8 cm³/mol. The third kappa shape index (κ3) is 3.19. The first-order valence-electron chi connectivity index (χ1n) is 5.58. The average molecular weight is 279 g/mol. The van der Waals surface area contributed by atoms with Crippen molar-refractivity contribution in [3.63, 3.8) is 0 Å². The number of carbonyl (C=O) groups is 2. The van der Waals surface area contributed by atoms with E-state index in [9.17, 15) is 19.7 Å². The van der Waals surface area contributed by atoms with Crippen LogP contribution in [0.1, 0.15) is 11.5 Å². The lowest BCUT2D eigenvalue weighted by Gasteiger charge is -2.19. The maximum Gasteiger partial charge on any atom is 0.380 e. The topological polar surface area (TPSA) is 107 Å². The summed E-state index contributed by atoms with van der Waals surface area (Å²) in [4.78, 5) is 32.7. The van der Waals surface area contributed by atoms with E-state index in [1.807, 2.05) is 0 Å². The van der Waals surface area contributed by atoms with Gasteiger partial charge in [0.25, 0.3) is 0 Å². The molecule has 1 aromatic rings. The number of methoxy groups -OCH3 is 1. The van der Waals surface area contributed by atoms with E-state index in [0.717, 1.165) is 7.11 Å². The quantitative estimate of drug-likeness (QED) is 0.363. The van der Waals surface area contributed by atoms with Gasteiger partial charge < -0.3 is 9.84 Å². The first kappa shape index (κ1) is 15.4. The molecule has 20 heavy (non-hydrogen) atoms. The average Bonchev–Trinajstić information content (AvgIpc) is 2.43. The van der Waals surface area contributed by atoms with Crippen molar-refractivity contribution in [3.8, 4) is 0 Å². The van der Waals surface area contributed by atoms with Crippen molar-refractivity contribution in [2.45, 2.75) is 12.0 Å². The molecule has 1 N–H and O–H groups in total. The van der Waals surface area contributed by atoms with Crippen LogP contribution in [0.5, 0.6) is 0 Å². The number of hydrogen-bond donors (Lipinski definition) is 1. The molecule has 1 aromatic carbocycles. The summed E-state index contributed by atoms with van der Waals surface area (Å²) >= 11 is 0. The zero-order valence-electron chi connectivity index (χ0n) is 10.7. The number of nitrogens with zero attached hydrogens (tertiary/aromatic N) is 1. The molecular weight excluding hydrogens is 266 g/mol. The summed E-state index contributed by atoms with van der Waals surface area (Å²) in [7, 11) is 1.09. The van der Waals surface area contributed by atoms with Crippen molar-refractivity contribution in [3.05, 3.63) is 58.2 Å². The number of carboxylic acid groups (broad SMARTS) is 1. The molecule has 0 radical (unpaired) electrons. The van der Waals surface area contributed by atoms with Crippen LogP contribution in [0.25, 0.3) is 0 Å². The summed E-state index contributed by atoms with van der Waals surface area (Å²) in [5.74, 6) is -3.82. The van der Waals surface area contributed by atoms with Gasteiger partial charge in [0.15, 0.2) is 0 Å². The monoisotopic (exact) mass is 279 g/mol. The number of carboxylic acids is 1. The smallest absolute Gasteiger partial charge is 0.380 e. The molecule has 0 aromatic heterocycles. The Kier molecular flexibility index (Phi) is 4.96. The molecule has 0 bridgehead atoms. The Morgan fingerprint density at radius 2 is 1.90 bits per heavy atom. The molecule has 0 aliphatic rings. The van der Waals surface area contributed by atoms with Gasteiger partial charge in [0.05, 0.1) is 13.0 Å². The van der Waals surface area contributed by atoms with Crippen LogP contribution in [0.3, 0.4) is 0 Å². The molecule has 0 aliphatic carbocycles. The zero-order chi connectivity index (χ0) is 15.3. The summed E-state index contributed by atoms with van der Waals surface area (Å²) in [6.45, 7) is 3.45. The van der Waals surface area contributed by atoms with Crippen LogP contribution in [0.2, 0.25) is 0 Å². The standard InChI is InChI=1S/C13H13NO6/c1-8(13(17)20-2)10(9-6-4-3-5-7-9)11(12(15)16)14(18)19/h3-7,10-11H,1H2,2H3,(H,15,16). The summed E-state index contributed by atoms with van der Waals surface area (Å²) in [5, 5.41) is 20.0. The van der Waals surface area contributed by atoms with E-state index in [4.69, 9.17) is 5.11 Å². The minimum absolute atomic E-state index is 0.275. The first-order chi connectivity index (χ1) is 9.40. The molecule has 0 fully saturated rings. The van der Waals surface area contributed by atoms with E-state index >= 15 is 0 Å². The van der Waals surface area contributed by atoms with E-state index in [2.05, 4.69) is 11.3 Å². The molecule has 1 rings (SSSR count). The lowest BCUT2D eigenvalue weighted by Crippen LogP contribution is -2.37. The highest BCUT2D eigenvalue weighted by molar-refractivity contribution is 5.91. The molecule has 2 atom stereocenters. The lowest BCUT2D eigenvalue weighted by atomic mass is 9.85. The van der Waals surface area contributed by atoms with Crippen LogP contribution >= 0.6 is 0 Å². The molecule has 0 amide bonds. The second-order valence-electron chi connectivity index (χ2n) is 3.97. The molecule has 0 heterocycles. The molecule has 2 unspecified atom stereocenters. The van der Waals surface area contributed by atoms with E-state index < -0.39 is 28.8 Å². The van der Waals surface area contributed by atoms with E-state index in [0.29, 0.717) is 5.56 Å². The molecule has 106 valence electrons. The minimum Gasteiger partial charge on any atom is -0.476 e. The van der Waals surface area contributed by atoms with Gasteiger partial charge in [-0.3, -0.25) is 10.1 Å². The fourth-order valence-electron chi connectivity index (χ4n) is 1.85. The van der Waals surface area contributed by atoms with Gasteiger partial charge in [-0.1, -0.05) is 36.9 Å². The van der Waals surface area contributed by atoms with Gasteiger partial charge >= 0.3 is 18.0 Å². The van der Waals surface area contributed by atoms with Crippen molar-refractivity contribution in [1.29, 1.82) is 0 Å². The number of esters is 1. The highest BCUT2D eigenvalue weighted by Crippen LogP contribution is 2.29. The third-order valence-electron chi connectivity index (χ3n) is 2.78. The Morgan fingerprint density at radius 3 is 2.30 bits per heavy atom. The highest BCUT2D eigenvalue weighted by Gasteiger charge is 2.43. The van der Waals surface area contributed by atoms with Gasteiger partial charge in [-0.15, -0.1) is 0 Å². The van der Waals surface area contributed by atoms with Crippen molar-refractivity contribution in [2.75, 3.05) is 7.11 Å². The van der Waals surface area contributed by atoms with Crippen LogP contribution < -0.4 is 0 Å². The number of benzene rings is 1. The van der Waals surface area contributed by atoms with Crippen molar-refractivity contribution >= 4 is 11.9 Å². The number of nitro groups is 1. The molecule has 0 saturated heterocycles. The maximum atomic E-state index is 11.5. The van der Waals surface area contributed by atoms with E-state index in [1.54, 1.807) is 18.2 Å². The molecule has 0 saturated carbocycles. The third-order valence-corrected chi connectivity index (χ3v) is 2.78. The SMILES string of the molecule is C=C(C(=O)OC)C(c1ccccc1)C(C(=O)O)[N+](=O)[O-]. The van der Waals surface area contributed by atoms with E-state index in [1.165, 1.54) is 12.1 Å². The number of ether oxygens (including phenoxy) is 1. The summed E-state index contributed by atoms with van der Waals surface area (Å²) in [5.41, 5.74) is 0.0369. The van der Waals surface area contributed by atoms with Gasteiger partial charge in [-0.2, -0.15) is 0 Å². The molecule has 7 heteroatoms. The first-order valence-corrected chi connectivity index (χ1v) is 5.58. The normalized spacial score (nSPS) is 13.1. The van der Waals surface area contributed by atoms with Crippen LogP contribution in [-0.4, -0.2) is 35.1 Å². The number of aliphatic carboxylic acids is 1. The lowest BCUT2D eigenvalue weighted by molar-refractivity contribution is -0.512. The number of rotatable bonds is 6. The van der Waals surface area contributed by atoms with Crippen LogP contribution in [0.15, 0.2) is 42.5 Å². The predicted octanol–water partition coefficient (Wildman–Crippen LogP) is 1.23. The fourth-order valence-corrected chi connectivity index (χ4v) is 1.85. The Labute approximate surface area is 114 Å². The van der Waals surface area contributed by atoms with Crippen LogP contribution in [0, 0.1) is 10.1 Å². The summed E-state index contributed by atoms with van der Waals surface area (Å²) < 4.78 is 4.47. The second-order valence-corrected chi connectivity index (χ2v) is 3.97. The Morgan fingerprint density at radius 1 is 1.35 bits per heavy atom. The van der Waals surface area contributed by atoms with Crippen molar-refractivity contribution < 1.29 is 24.4 Å². The van der Waals surface area contributed by atoms with Crippen molar-refractivity contribution in [2.24, 2.45) is 0 Å². The number of carbonyl (C=O) groups excluding carboxylic acids is 1. The van der Waals surface area contributed by atoms with E-state index in [-0.39, 0.29) is 5.57 Å². The summed E-state index contributed by atoms with van der Waals surface area (Å²) in [6.07, 6.45) is 0. The van der Waals surface area contributed by atoms with Gasteiger partial charge in [-0.25, -0.2) is 9.59 Å². The minimum atomic E-state index is -2.01. The molecule has 0 spiro atoms. The fraction of sp³-hybridized carbons (Fsp3) is 0.231. The van der Waals surface area contributed by atoms with Crippen LogP contribution in [0.4, 0.5) is 0 Å². The van der Waals surface area contributed by atoms with Crippen molar-refractivity contribution in [1.82, 2.24) is 0 Å². The Hall–Kier alpha value is -2.70. The van der Waals surface area contributed by atoms with Gasteiger partial charge in [0.2, 0.25) is 0 Å². The largest absolute Gasteiger partial charge is 0.476 e. The van der Waals surface area contributed by atoms with Gasteiger partial charge in [0, 0.05) is 10.5 Å². The zero-order valence-corrected chi connectivity index (χ0v) is 10.7. The second kappa shape index (κ2) is 6.46. The highest BCUT2D eigenvalue weighted by atomic mass is 16.6. The van der Waals surface area contributed by atoms with Gasteiger partial charge in [0.1, 0.15) is 0 Å². The summed E-state index contributed by atoms with van der Waals surface area (Å²) in [6, 6.07) is 5.83. The molecular formula is C13H13NO6.